The minimum absolute atomic E-state index is 0.115. The normalized spacial score (nSPS) is 10.5. The number of nitrogens with zero attached hydrogens (tertiary/aromatic N) is 2. The van der Waals surface area contributed by atoms with E-state index in [-0.39, 0.29) is 5.91 Å². The second kappa shape index (κ2) is 7.80. The maximum absolute atomic E-state index is 11.5. The number of amides is 1. The molecule has 0 aliphatic carbocycles. The van der Waals surface area contributed by atoms with Crippen molar-refractivity contribution in [3.05, 3.63) is 91.0 Å². The molecule has 5 nitrogen and oxygen atoms in total. The Morgan fingerprint density at radius 2 is 1.43 bits per heavy atom. The molecule has 0 spiro atoms. The number of para-hydroxylation sites is 3. The highest BCUT2D eigenvalue weighted by Crippen LogP contribution is 2.30. The Hall–Kier alpha value is -3.86. The predicted octanol–water partition coefficient (Wildman–Crippen LogP) is 5.24. The molecule has 0 fully saturated rings. The molecule has 4 aromatic rings. The minimum atomic E-state index is -0.115. The van der Waals surface area contributed by atoms with Crippen molar-refractivity contribution in [2.75, 3.05) is 10.6 Å². The van der Waals surface area contributed by atoms with Crippen molar-refractivity contribution in [2.45, 2.75) is 6.92 Å². The number of hydrogen-bond acceptors (Lipinski definition) is 3. The van der Waals surface area contributed by atoms with E-state index in [0.29, 0.717) is 0 Å². The fourth-order valence-corrected chi connectivity index (χ4v) is 3.01. The Kier molecular flexibility index (Phi) is 4.89. The van der Waals surface area contributed by atoms with E-state index in [9.17, 15) is 4.79 Å². The first kappa shape index (κ1) is 17.5. The predicted molar refractivity (Wildman–Crippen MR) is 113 cm³/mol. The van der Waals surface area contributed by atoms with Gasteiger partial charge < -0.3 is 10.6 Å². The van der Waals surface area contributed by atoms with Gasteiger partial charge in [0, 0.05) is 18.6 Å². The quantitative estimate of drug-likeness (QED) is 0.506. The Balaban J connectivity index is 1.78. The van der Waals surface area contributed by atoms with E-state index in [1.165, 1.54) is 6.92 Å². The van der Waals surface area contributed by atoms with Gasteiger partial charge in [0.15, 0.2) is 0 Å². The van der Waals surface area contributed by atoms with Crippen LogP contribution in [0.2, 0.25) is 0 Å². The largest absolute Gasteiger partial charge is 0.338 e. The van der Waals surface area contributed by atoms with E-state index in [1.54, 1.807) is 0 Å². The van der Waals surface area contributed by atoms with Gasteiger partial charge >= 0.3 is 0 Å². The van der Waals surface area contributed by atoms with Gasteiger partial charge in [-0.2, -0.15) is 5.10 Å². The molecule has 4 rings (SSSR count). The van der Waals surface area contributed by atoms with E-state index in [1.807, 2.05) is 95.7 Å². The van der Waals surface area contributed by atoms with Gasteiger partial charge in [-0.3, -0.25) is 4.79 Å². The standard InChI is InChI=1S/C23H20N4O/c1-17(28)24-20-14-8-9-15-21(20)25-23-16-22(18-10-4-2-5-11-18)26-27(23)19-12-6-3-7-13-19/h2-16,25H,1H3,(H,24,28). The summed E-state index contributed by atoms with van der Waals surface area (Å²) in [5.74, 6) is 0.693. The lowest BCUT2D eigenvalue weighted by atomic mass is 10.1. The summed E-state index contributed by atoms with van der Waals surface area (Å²) in [6.45, 7) is 1.50. The van der Waals surface area contributed by atoms with Gasteiger partial charge in [0.25, 0.3) is 0 Å². The molecule has 0 radical (unpaired) electrons. The molecule has 0 aliphatic heterocycles. The van der Waals surface area contributed by atoms with E-state index in [4.69, 9.17) is 5.10 Å². The lowest BCUT2D eigenvalue weighted by Gasteiger charge is -2.13. The van der Waals surface area contributed by atoms with Crippen LogP contribution in [0.5, 0.6) is 0 Å². The Bertz CT molecular complexity index is 1090. The van der Waals surface area contributed by atoms with Crippen molar-refractivity contribution in [3.63, 3.8) is 0 Å². The molecule has 0 atom stereocenters. The number of benzene rings is 3. The van der Waals surface area contributed by atoms with Crippen LogP contribution in [-0.4, -0.2) is 15.7 Å². The van der Waals surface area contributed by atoms with Crippen LogP contribution in [0.25, 0.3) is 16.9 Å². The van der Waals surface area contributed by atoms with Gasteiger partial charge in [0.2, 0.25) is 5.91 Å². The summed E-state index contributed by atoms with van der Waals surface area (Å²) >= 11 is 0. The minimum Gasteiger partial charge on any atom is -0.338 e. The van der Waals surface area contributed by atoms with Gasteiger partial charge in [-0.25, -0.2) is 4.68 Å². The third kappa shape index (κ3) is 3.78. The fourth-order valence-electron chi connectivity index (χ4n) is 3.01. The van der Waals surface area contributed by atoms with Crippen LogP contribution in [0.4, 0.5) is 17.2 Å². The first-order chi connectivity index (χ1) is 13.7. The fraction of sp³-hybridized carbons (Fsp3) is 0.0435. The zero-order valence-electron chi connectivity index (χ0n) is 15.5. The van der Waals surface area contributed by atoms with Crippen LogP contribution in [0.1, 0.15) is 6.92 Å². The van der Waals surface area contributed by atoms with Gasteiger partial charge in [0.1, 0.15) is 5.82 Å². The molecule has 0 saturated carbocycles. The summed E-state index contributed by atoms with van der Waals surface area (Å²) in [5, 5.41) is 11.1. The van der Waals surface area contributed by atoms with Crippen LogP contribution >= 0.6 is 0 Å². The van der Waals surface area contributed by atoms with E-state index < -0.39 is 0 Å². The molecule has 2 N–H and O–H groups in total. The highest BCUT2D eigenvalue weighted by atomic mass is 16.1. The van der Waals surface area contributed by atoms with Crippen LogP contribution in [0.15, 0.2) is 91.0 Å². The van der Waals surface area contributed by atoms with Crippen LogP contribution < -0.4 is 10.6 Å². The van der Waals surface area contributed by atoms with E-state index in [2.05, 4.69) is 10.6 Å². The topological polar surface area (TPSA) is 59.0 Å². The average Bonchev–Trinajstić information content (AvgIpc) is 3.14. The summed E-state index contributed by atoms with van der Waals surface area (Å²) in [6, 6.07) is 29.6. The second-order valence-corrected chi connectivity index (χ2v) is 6.38. The van der Waals surface area contributed by atoms with Gasteiger partial charge in [-0.05, 0) is 24.3 Å². The third-order valence-electron chi connectivity index (χ3n) is 4.28. The second-order valence-electron chi connectivity index (χ2n) is 6.38. The highest BCUT2D eigenvalue weighted by Gasteiger charge is 2.13. The molecule has 3 aromatic carbocycles. The maximum atomic E-state index is 11.5. The number of hydrogen-bond donors (Lipinski definition) is 2. The summed E-state index contributed by atoms with van der Waals surface area (Å²) in [6.07, 6.45) is 0. The molecule has 0 aliphatic rings. The SMILES string of the molecule is CC(=O)Nc1ccccc1Nc1cc(-c2ccccc2)nn1-c1ccccc1. The first-order valence-electron chi connectivity index (χ1n) is 9.05. The number of aromatic nitrogens is 2. The van der Waals surface area contributed by atoms with Crippen LogP contribution in [0.3, 0.4) is 0 Å². The number of anilines is 3. The molecule has 1 amide bonds. The molecular formula is C23H20N4O. The Labute approximate surface area is 163 Å². The molecule has 0 saturated heterocycles. The summed E-state index contributed by atoms with van der Waals surface area (Å²) < 4.78 is 1.87. The van der Waals surface area contributed by atoms with E-state index in [0.717, 1.165) is 34.1 Å². The van der Waals surface area contributed by atoms with Gasteiger partial charge in [-0.15, -0.1) is 0 Å². The Morgan fingerprint density at radius 1 is 0.821 bits per heavy atom. The summed E-state index contributed by atoms with van der Waals surface area (Å²) in [4.78, 5) is 11.5. The van der Waals surface area contributed by atoms with Crippen molar-refractivity contribution < 1.29 is 4.79 Å². The molecular weight excluding hydrogens is 348 g/mol. The third-order valence-corrected chi connectivity index (χ3v) is 4.28. The highest BCUT2D eigenvalue weighted by molar-refractivity contribution is 5.93. The van der Waals surface area contributed by atoms with Crippen molar-refractivity contribution in [3.8, 4) is 16.9 Å². The Morgan fingerprint density at radius 3 is 2.11 bits per heavy atom. The lowest BCUT2D eigenvalue weighted by molar-refractivity contribution is -0.114. The molecule has 1 aromatic heterocycles. The number of carbonyl (C=O) groups is 1. The number of nitrogens with one attached hydrogen (secondary N) is 2. The number of rotatable bonds is 5. The summed E-state index contributed by atoms with van der Waals surface area (Å²) in [7, 11) is 0. The van der Waals surface area contributed by atoms with Crippen LogP contribution in [0, 0.1) is 0 Å². The monoisotopic (exact) mass is 368 g/mol. The van der Waals surface area contributed by atoms with Crippen molar-refractivity contribution in [2.24, 2.45) is 0 Å². The van der Waals surface area contributed by atoms with Gasteiger partial charge in [0.05, 0.1) is 22.8 Å². The van der Waals surface area contributed by atoms with Gasteiger partial charge in [-0.1, -0.05) is 60.7 Å². The first-order valence-corrected chi connectivity index (χ1v) is 9.05. The van der Waals surface area contributed by atoms with Crippen molar-refractivity contribution in [1.82, 2.24) is 9.78 Å². The summed E-state index contributed by atoms with van der Waals surface area (Å²) in [5.41, 5.74) is 4.37. The lowest BCUT2D eigenvalue weighted by Crippen LogP contribution is -2.09. The molecule has 138 valence electrons. The molecule has 0 bridgehead atoms. The molecule has 5 heteroatoms. The zero-order valence-corrected chi connectivity index (χ0v) is 15.5. The maximum Gasteiger partial charge on any atom is 0.221 e. The zero-order chi connectivity index (χ0) is 19.3. The molecule has 1 heterocycles. The van der Waals surface area contributed by atoms with Crippen molar-refractivity contribution in [1.29, 1.82) is 0 Å². The van der Waals surface area contributed by atoms with E-state index >= 15 is 0 Å². The molecule has 28 heavy (non-hydrogen) atoms. The smallest absolute Gasteiger partial charge is 0.221 e. The number of carbonyl (C=O) groups excluding carboxylic acids is 1. The average molecular weight is 368 g/mol. The van der Waals surface area contributed by atoms with Crippen LogP contribution in [-0.2, 0) is 4.79 Å². The molecule has 0 unspecified atom stereocenters. The van der Waals surface area contributed by atoms with Crippen molar-refractivity contribution >= 4 is 23.1 Å².